The molecule has 33 heavy (non-hydrogen) atoms. The molecule has 0 N–H and O–H groups in total. The molecule has 0 aliphatic carbocycles. The maximum atomic E-state index is 13.3. The third-order valence-electron chi connectivity index (χ3n) is 5.25. The van der Waals surface area contributed by atoms with Crippen LogP contribution < -0.4 is 14.4 Å². The van der Waals surface area contributed by atoms with Gasteiger partial charge in [0.05, 0.1) is 23.9 Å². The Labute approximate surface area is 196 Å². The number of anilines is 1. The molecule has 3 aromatic carbocycles. The maximum Gasteiger partial charge on any atom is 0.267 e. The number of ketones is 1. The van der Waals surface area contributed by atoms with Gasteiger partial charge < -0.3 is 9.47 Å². The number of hydrogen-bond donors (Lipinski definition) is 0. The minimum absolute atomic E-state index is 0.0731. The fraction of sp³-hybridized carbons (Fsp3) is 0.192. The number of rotatable bonds is 8. The van der Waals surface area contributed by atoms with E-state index in [-0.39, 0.29) is 18.3 Å². The molecule has 0 bridgehead atoms. The van der Waals surface area contributed by atoms with Gasteiger partial charge in [-0.2, -0.15) is 0 Å². The molecule has 0 fully saturated rings. The zero-order chi connectivity index (χ0) is 23.4. The van der Waals surface area contributed by atoms with E-state index in [1.54, 1.807) is 23.1 Å². The molecule has 0 aliphatic rings. The van der Waals surface area contributed by atoms with Gasteiger partial charge in [0.25, 0.3) is 5.91 Å². The lowest BCUT2D eigenvalue weighted by atomic mass is 10.1. The summed E-state index contributed by atoms with van der Waals surface area (Å²) in [7, 11) is 1.50. The first kappa shape index (κ1) is 22.5. The average molecular weight is 461 g/mol. The summed E-state index contributed by atoms with van der Waals surface area (Å²) in [6.45, 7) is 3.68. The molecule has 1 aromatic heterocycles. The molecule has 0 unspecified atom stereocenters. The maximum absolute atomic E-state index is 13.3. The van der Waals surface area contributed by atoms with Crippen molar-refractivity contribution >= 4 is 38.4 Å². The minimum atomic E-state index is -0.228. The van der Waals surface area contributed by atoms with Crippen molar-refractivity contribution in [3.05, 3.63) is 83.4 Å². The molecule has 4 rings (SSSR count). The summed E-state index contributed by atoms with van der Waals surface area (Å²) in [6, 6.07) is 20.7. The van der Waals surface area contributed by atoms with Gasteiger partial charge in [-0.25, -0.2) is 4.98 Å². The van der Waals surface area contributed by atoms with Crippen LogP contribution in [0.1, 0.15) is 28.4 Å². The number of benzene rings is 3. The Morgan fingerprint density at radius 3 is 2.48 bits per heavy atom. The fourth-order valence-electron chi connectivity index (χ4n) is 3.44. The van der Waals surface area contributed by atoms with E-state index in [0.717, 1.165) is 21.3 Å². The van der Waals surface area contributed by atoms with Gasteiger partial charge in [0.1, 0.15) is 0 Å². The van der Waals surface area contributed by atoms with Gasteiger partial charge in [0.2, 0.25) is 0 Å². The predicted octanol–water partition coefficient (Wildman–Crippen LogP) is 5.43. The molecule has 0 spiro atoms. The third-order valence-corrected chi connectivity index (χ3v) is 6.29. The van der Waals surface area contributed by atoms with Gasteiger partial charge in [-0.1, -0.05) is 53.8 Å². The molecular weight excluding hydrogens is 436 g/mol. The molecule has 0 saturated carbocycles. The number of nitrogens with zero attached hydrogens (tertiary/aromatic N) is 2. The Bertz CT molecular complexity index is 1300. The summed E-state index contributed by atoms with van der Waals surface area (Å²) < 4.78 is 12.2. The van der Waals surface area contributed by atoms with Gasteiger partial charge >= 0.3 is 0 Å². The van der Waals surface area contributed by atoms with Crippen LogP contribution in [0.4, 0.5) is 5.13 Å². The number of aryl methyl sites for hydroxylation is 1. The van der Waals surface area contributed by atoms with E-state index in [0.29, 0.717) is 28.7 Å². The number of Topliss-reactive ketones (excluding diaryl/α,β-unsaturated/α-hetero) is 1. The third kappa shape index (κ3) is 5.04. The Balaban J connectivity index is 1.61. The summed E-state index contributed by atoms with van der Waals surface area (Å²) in [5, 5.41) is 0.621. The molecule has 4 aromatic rings. The SMILES string of the molecule is COc1cc(C(C)=O)ccc1OCC(=O)N(Cc1ccccc1)c1nc2c(C)cccc2s1. The van der Waals surface area contributed by atoms with Crippen molar-refractivity contribution in [1.29, 1.82) is 0 Å². The molecule has 0 atom stereocenters. The van der Waals surface area contributed by atoms with E-state index in [1.807, 2.05) is 55.5 Å². The van der Waals surface area contributed by atoms with E-state index in [1.165, 1.54) is 25.4 Å². The number of thiazole rings is 1. The monoisotopic (exact) mass is 460 g/mol. The van der Waals surface area contributed by atoms with Crippen molar-refractivity contribution in [2.75, 3.05) is 18.6 Å². The van der Waals surface area contributed by atoms with Crippen LogP contribution in [0.15, 0.2) is 66.7 Å². The Hall–Kier alpha value is -3.71. The van der Waals surface area contributed by atoms with E-state index in [9.17, 15) is 9.59 Å². The Morgan fingerprint density at radius 2 is 1.79 bits per heavy atom. The van der Waals surface area contributed by atoms with E-state index in [2.05, 4.69) is 0 Å². The summed E-state index contributed by atoms with van der Waals surface area (Å²) in [5.74, 6) is 0.501. The van der Waals surface area contributed by atoms with Gasteiger partial charge in [0.15, 0.2) is 29.0 Å². The molecule has 1 heterocycles. The first-order chi connectivity index (χ1) is 16.0. The highest BCUT2D eigenvalue weighted by molar-refractivity contribution is 7.22. The molecular formula is C26H24N2O4S. The van der Waals surface area contributed by atoms with Crippen molar-refractivity contribution in [1.82, 2.24) is 4.98 Å². The zero-order valence-electron chi connectivity index (χ0n) is 18.7. The fourth-order valence-corrected chi connectivity index (χ4v) is 4.50. The minimum Gasteiger partial charge on any atom is -0.493 e. The second-order valence-electron chi connectivity index (χ2n) is 7.59. The molecule has 6 nitrogen and oxygen atoms in total. The number of carbonyl (C=O) groups excluding carboxylic acids is 2. The van der Waals surface area contributed by atoms with Crippen molar-refractivity contribution in [3.63, 3.8) is 0 Å². The number of carbonyl (C=O) groups is 2. The van der Waals surface area contributed by atoms with Crippen molar-refractivity contribution in [3.8, 4) is 11.5 Å². The number of methoxy groups -OCH3 is 1. The number of aromatic nitrogens is 1. The van der Waals surface area contributed by atoms with Gasteiger partial charge in [-0.05, 0) is 49.2 Å². The van der Waals surface area contributed by atoms with Crippen molar-refractivity contribution in [2.45, 2.75) is 20.4 Å². The predicted molar refractivity (Wildman–Crippen MR) is 130 cm³/mol. The van der Waals surface area contributed by atoms with Crippen LogP contribution in [0, 0.1) is 6.92 Å². The quantitative estimate of drug-likeness (QED) is 0.328. The molecule has 0 radical (unpaired) electrons. The Morgan fingerprint density at radius 1 is 1.00 bits per heavy atom. The normalized spacial score (nSPS) is 10.8. The van der Waals surface area contributed by atoms with E-state index >= 15 is 0 Å². The molecule has 0 saturated heterocycles. The van der Waals surface area contributed by atoms with Gasteiger partial charge in [-0.15, -0.1) is 0 Å². The summed E-state index contributed by atoms with van der Waals surface area (Å²) in [4.78, 5) is 31.4. The lowest BCUT2D eigenvalue weighted by molar-refractivity contribution is -0.120. The standard InChI is InChI=1S/C26H24N2O4S/c1-17-8-7-11-23-25(17)27-26(33-23)28(15-19-9-5-4-6-10-19)24(30)16-32-21-13-12-20(18(2)29)14-22(21)31-3/h4-14H,15-16H2,1-3H3. The van der Waals surface area contributed by atoms with Crippen LogP contribution in [0.25, 0.3) is 10.2 Å². The largest absolute Gasteiger partial charge is 0.493 e. The summed E-state index contributed by atoms with van der Waals surface area (Å²) in [5.41, 5.74) is 3.46. The van der Waals surface area contributed by atoms with Crippen LogP contribution >= 0.6 is 11.3 Å². The Kier molecular flexibility index (Phi) is 6.70. The summed E-state index contributed by atoms with van der Waals surface area (Å²) in [6.07, 6.45) is 0. The number of fused-ring (bicyclic) bond motifs is 1. The highest BCUT2D eigenvalue weighted by atomic mass is 32.1. The van der Waals surface area contributed by atoms with E-state index in [4.69, 9.17) is 14.5 Å². The number of ether oxygens (including phenoxy) is 2. The lowest BCUT2D eigenvalue weighted by Crippen LogP contribution is -2.34. The number of hydrogen-bond acceptors (Lipinski definition) is 6. The highest BCUT2D eigenvalue weighted by Crippen LogP contribution is 2.32. The van der Waals surface area contributed by atoms with Crippen LogP contribution in [0.3, 0.4) is 0 Å². The summed E-state index contributed by atoms with van der Waals surface area (Å²) >= 11 is 1.48. The number of para-hydroxylation sites is 1. The van der Waals surface area contributed by atoms with E-state index < -0.39 is 0 Å². The first-order valence-corrected chi connectivity index (χ1v) is 11.3. The smallest absolute Gasteiger partial charge is 0.267 e. The zero-order valence-corrected chi connectivity index (χ0v) is 19.5. The van der Waals surface area contributed by atoms with Crippen LogP contribution in [0.2, 0.25) is 0 Å². The molecule has 168 valence electrons. The number of amides is 1. The van der Waals surface area contributed by atoms with Crippen LogP contribution in [-0.2, 0) is 11.3 Å². The molecule has 7 heteroatoms. The van der Waals surface area contributed by atoms with Crippen molar-refractivity contribution < 1.29 is 19.1 Å². The second-order valence-corrected chi connectivity index (χ2v) is 8.60. The highest BCUT2D eigenvalue weighted by Gasteiger charge is 2.22. The van der Waals surface area contributed by atoms with Crippen LogP contribution in [-0.4, -0.2) is 30.4 Å². The second kappa shape index (κ2) is 9.83. The van der Waals surface area contributed by atoms with Gasteiger partial charge in [-0.3, -0.25) is 14.5 Å². The lowest BCUT2D eigenvalue weighted by Gasteiger charge is -2.20. The van der Waals surface area contributed by atoms with Crippen molar-refractivity contribution in [2.24, 2.45) is 0 Å². The topological polar surface area (TPSA) is 68.7 Å². The average Bonchev–Trinajstić information content (AvgIpc) is 3.27. The van der Waals surface area contributed by atoms with Crippen LogP contribution in [0.5, 0.6) is 11.5 Å². The van der Waals surface area contributed by atoms with Gasteiger partial charge in [0, 0.05) is 5.56 Å². The molecule has 1 amide bonds. The molecule has 0 aliphatic heterocycles. The first-order valence-electron chi connectivity index (χ1n) is 10.5.